The zero-order valence-electron chi connectivity index (χ0n) is 39.6. The summed E-state index contributed by atoms with van der Waals surface area (Å²) in [4.78, 5) is 134. The summed E-state index contributed by atoms with van der Waals surface area (Å²) < 4.78 is 22.1. The van der Waals surface area contributed by atoms with Crippen molar-refractivity contribution in [3.8, 4) is 11.4 Å². The number of imide groups is 1. The van der Waals surface area contributed by atoms with Crippen LogP contribution in [0.5, 0.6) is 0 Å². The van der Waals surface area contributed by atoms with E-state index in [2.05, 4.69) is 31.9 Å². The van der Waals surface area contributed by atoms with Gasteiger partial charge in [-0.3, -0.25) is 48.1 Å². The van der Waals surface area contributed by atoms with Gasteiger partial charge in [0.15, 0.2) is 5.60 Å². The first-order valence-electron chi connectivity index (χ1n) is 23.5. The van der Waals surface area contributed by atoms with E-state index in [0.29, 0.717) is 57.4 Å². The minimum absolute atomic E-state index is 0.00722. The largest absolute Gasteiger partial charge is 0.458 e. The smallest absolute Gasteiger partial charge is 0.343 e. The molecule has 5 heterocycles. The molecule has 4 atom stereocenters. The van der Waals surface area contributed by atoms with Gasteiger partial charge in [-0.25, -0.2) is 14.2 Å². The number of nitrogens with zero attached hydrogens (tertiary/aromatic N) is 3. The molecule has 22 heteroatoms. The van der Waals surface area contributed by atoms with Crippen molar-refractivity contribution < 1.29 is 57.4 Å². The van der Waals surface area contributed by atoms with E-state index in [4.69, 9.17) is 9.72 Å². The van der Waals surface area contributed by atoms with Crippen molar-refractivity contribution in [2.75, 3.05) is 26.2 Å². The fourth-order valence-corrected chi connectivity index (χ4v) is 9.51. The maximum Gasteiger partial charge on any atom is 0.343 e. The summed E-state index contributed by atoms with van der Waals surface area (Å²) in [6.45, 7) is 2.82. The number of hydrogen-bond acceptors (Lipinski definition) is 13. The molecule has 7 N–H and O–H groups in total. The summed E-state index contributed by atoms with van der Waals surface area (Å²) in [6, 6.07) is 8.52. The molecule has 2 aromatic heterocycles. The van der Waals surface area contributed by atoms with E-state index in [1.165, 1.54) is 17.6 Å². The van der Waals surface area contributed by atoms with E-state index in [0.717, 1.165) is 17.1 Å². The molecular formula is C50H52FN9O12. The number of halogens is 1. The topological polar surface area (TPSA) is 293 Å². The molecule has 3 aliphatic heterocycles. The molecule has 8 amide bonds. The lowest BCUT2D eigenvalue weighted by Gasteiger charge is -2.31. The number of amides is 8. The summed E-state index contributed by atoms with van der Waals surface area (Å²) in [5, 5.41) is 27.4. The molecule has 21 nitrogen and oxygen atoms in total. The van der Waals surface area contributed by atoms with E-state index >= 15 is 4.39 Å². The lowest BCUT2D eigenvalue weighted by Crippen LogP contribution is -2.53. The van der Waals surface area contributed by atoms with Crippen molar-refractivity contribution >= 4 is 64.1 Å². The van der Waals surface area contributed by atoms with Crippen LogP contribution < -0.4 is 37.5 Å². The number of nitrogens with one attached hydrogen (secondary N) is 6. The number of aliphatic hydroxyl groups is 1. The lowest BCUT2D eigenvalue weighted by atomic mass is 9.81. The molecule has 1 aliphatic carbocycles. The Labute approximate surface area is 410 Å². The standard InChI is InChI=1S/C50H52FN9O12/c1-4-50(71)31-18-36-45-29(23-60(36)48(69)30(31)24-72-49(50)70)44-33(13-12-28-25(2)32(51)19-34(57-45)43(28)44)58-46(67)26(3)55-39(63)22-54-47(68)35(17-27-9-6-5-7-10-27)56-40(64)21-53-38(62)20-52-37(61)11-8-16-59-41(65)14-15-42(59)66/h5-7,9-10,14-15,18-19,26,33,35,71H,4,8,11-13,16-17,20-24H2,1-3H3,(H,52,61)(H,53,62)(H,54,68)(H,55,63)(H,56,64)(H,58,67)/t26-,33-,35-,50-/m0/s1. The molecule has 0 bridgehead atoms. The van der Waals surface area contributed by atoms with Crippen molar-refractivity contribution in [3.05, 3.63) is 110 Å². The lowest BCUT2D eigenvalue weighted by molar-refractivity contribution is -0.172. The SMILES string of the molecule is CC[C@@]1(O)C(=O)OCc2c1cc1n(c2=O)Cc2c-1nc1cc(F)c(C)c3c1c2[C@@H](NC(=O)[C@H](C)NC(=O)CNC(=O)[C@H](Cc1ccccc1)NC(=O)CNC(=O)CNC(=O)CCCN1C(=O)C=CC1=O)CC3. The van der Waals surface area contributed by atoms with Gasteiger partial charge < -0.3 is 46.3 Å². The molecule has 0 saturated heterocycles. The van der Waals surface area contributed by atoms with E-state index in [-0.39, 0.29) is 62.0 Å². The van der Waals surface area contributed by atoms with E-state index in [1.807, 2.05) is 0 Å². The Morgan fingerprint density at radius 2 is 1.56 bits per heavy atom. The predicted molar refractivity (Wildman–Crippen MR) is 252 cm³/mol. The number of aryl methyl sites for hydroxylation is 1. The van der Waals surface area contributed by atoms with E-state index in [1.54, 1.807) is 50.2 Å². The maximum atomic E-state index is 15.4. The van der Waals surface area contributed by atoms with Gasteiger partial charge >= 0.3 is 5.97 Å². The number of pyridine rings is 2. The summed E-state index contributed by atoms with van der Waals surface area (Å²) >= 11 is 0. The fraction of sp³-hybridized carbons (Fsp3) is 0.380. The van der Waals surface area contributed by atoms with Crippen LogP contribution in [0.4, 0.5) is 4.39 Å². The summed E-state index contributed by atoms with van der Waals surface area (Å²) in [7, 11) is 0. The molecule has 4 aliphatic rings. The van der Waals surface area contributed by atoms with E-state index in [9.17, 15) is 53.1 Å². The number of carbonyl (C=O) groups is 9. The molecule has 0 fully saturated rings. The van der Waals surface area contributed by atoms with Crippen molar-refractivity contribution in [2.45, 2.75) is 96.2 Å². The number of hydrogen-bond donors (Lipinski definition) is 7. The molecule has 0 radical (unpaired) electrons. The molecular weight excluding hydrogens is 938 g/mol. The Bertz CT molecular complexity index is 3050. The Morgan fingerprint density at radius 1 is 0.875 bits per heavy atom. The monoisotopic (exact) mass is 989 g/mol. The van der Waals surface area contributed by atoms with Gasteiger partial charge in [-0.15, -0.1) is 0 Å². The number of esters is 1. The first-order valence-corrected chi connectivity index (χ1v) is 23.5. The molecule has 0 unspecified atom stereocenters. The Hall–Kier alpha value is -8.14. The van der Waals surface area contributed by atoms with Crippen LogP contribution in [-0.2, 0) is 79.5 Å². The molecule has 2 aromatic carbocycles. The molecule has 72 heavy (non-hydrogen) atoms. The minimum atomic E-state index is -2.07. The normalized spacial score (nSPS) is 18.0. The first kappa shape index (κ1) is 50.3. The highest BCUT2D eigenvalue weighted by atomic mass is 19.1. The van der Waals surface area contributed by atoms with Gasteiger partial charge in [0.05, 0.1) is 54.7 Å². The van der Waals surface area contributed by atoms with Crippen molar-refractivity contribution in [3.63, 3.8) is 0 Å². The molecule has 376 valence electrons. The third-order valence-corrected chi connectivity index (χ3v) is 13.4. The predicted octanol–water partition coefficient (Wildman–Crippen LogP) is -0.0834. The number of benzene rings is 2. The summed E-state index contributed by atoms with van der Waals surface area (Å²) in [5.41, 5.74) is 1.61. The Balaban J connectivity index is 0.884. The van der Waals surface area contributed by atoms with Gasteiger partial charge in [-0.2, -0.15) is 0 Å². The van der Waals surface area contributed by atoms with Crippen LogP contribution in [0.2, 0.25) is 0 Å². The number of aromatic nitrogens is 2. The fourth-order valence-electron chi connectivity index (χ4n) is 9.51. The van der Waals surface area contributed by atoms with Gasteiger partial charge in [-0.05, 0) is 67.9 Å². The van der Waals surface area contributed by atoms with Crippen LogP contribution in [0.15, 0.2) is 59.4 Å². The summed E-state index contributed by atoms with van der Waals surface area (Å²) in [5.74, 6) is -6.34. The van der Waals surface area contributed by atoms with Crippen molar-refractivity contribution in [2.24, 2.45) is 0 Å². The number of ether oxygens (including phenoxy) is 1. The van der Waals surface area contributed by atoms with Gasteiger partial charge in [0.2, 0.25) is 35.4 Å². The number of cyclic esters (lactones) is 1. The van der Waals surface area contributed by atoms with Crippen LogP contribution in [0.1, 0.15) is 84.5 Å². The summed E-state index contributed by atoms with van der Waals surface area (Å²) in [6.07, 6.45) is 3.02. The minimum Gasteiger partial charge on any atom is -0.458 e. The third kappa shape index (κ3) is 10.1. The Kier molecular flexibility index (Phi) is 14.4. The maximum absolute atomic E-state index is 15.4. The Morgan fingerprint density at radius 3 is 2.28 bits per heavy atom. The average Bonchev–Trinajstić information content (AvgIpc) is 3.90. The highest BCUT2D eigenvalue weighted by Gasteiger charge is 2.46. The molecule has 4 aromatic rings. The molecule has 8 rings (SSSR count). The molecule has 0 spiro atoms. The van der Waals surface area contributed by atoms with Crippen molar-refractivity contribution in [1.29, 1.82) is 0 Å². The van der Waals surface area contributed by atoms with Gasteiger partial charge in [0, 0.05) is 54.1 Å². The zero-order chi connectivity index (χ0) is 51.6. The van der Waals surface area contributed by atoms with Gasteiger partial charge in [-0.1, -0.05) is 37.3 Å². The zero-order valence-corrected chi connectivity index (χ0v) is 39.6. The highest BCUT2D eigenvalue weighted by molar-refractivity contribution is 6.13. The van der Waals surface area contributed by atoms with Crippen molar-refractivity contribution in [1.82, 2.24) is 46.4 Å². The number of fused-ring (bicyclic) bond motifs is 5. The highest BCUT2D eigenvalue weighted by Crippen LogP contribution is 2.46. The van der Waals surface area contributed by atoms with Crippen LogP contribution in [0, 0.1) is 12.7 Å². The van der Waals surface area contributed by atoms with Gasteiger partial charge in [0.25, 0.3) is 17.4 Å². The second-order valence-corrected chi connectivity index (χ2v) is 18.0. The number of carbonyl (C=O) groups excluding carboxylic acids is 9. The van der Waals surface area contributed by atoms with Crippen LogP contribution in [0.25, 0.3) is 22.3 Å². The first-order chi connectivity index (χ1) is 34.4. The van der Waals surface area contributed by atoms with Crippen LogP contribution >= 0.6 is 0 Å². The average molecular weight is 990 g/mol. The van der Waals surface area contributed by atoms with Crippen LogP contribution in [-0.4, -0.2) is 111 Å². The second-order valence-electron chi connectivity index (χ2n) is 18.0. The quantitative estimate of drug-likeness (QED) is 0.0447. The van der Waals surface area contributed by atoms with E-state index < -0.39 is 108 Å². The third-order valence-electron chi connectivity index (χ3n) is 13.4. The van der Waals surface area contributed by atoms with Gasteiger partial charge in [0.1, 0.15) is 24.5 Å². The molecule has 0 saturated carbocycles. The number of rotatable bonds is 18. The van der Waals surface area contributed by atoms with Crippen LogP contribution in [0.3, 0.4) is 0 Å². The second kappa shape index (κ2) is 20.7.